The van der Waals surface area contributed by atoms with E-state index in [1.807, 2.05) is 16.6 Å². The largest absolute Gasteiger partial charge is 0.508 e. The molecular weight excluding hydrogens is 1010 g/mol. The number of benzene rings is 3. The molecule has 7 aliphatic heterocycles. The van der Waals surface area contributed by atoms with E-state index in [1.165, 1.54) is 56.3 Å². The number of methoxy groups -OCH3 is 1. The number of amides is 3. The monoisotopic (exact) mass is 1080 g/mol. The molecule has 79 heavy (non-hydrogen) atoms. The molecule has 3 aromatic carbocycles. The van der Waals surface area contributed by atoms with Crippen LogP contribution >= 0.6 is 0 Å². The number of anilines is 2. The number of rotatable bonds is 8. The maximum Gasteiger partial charge on any atom is 0.409 e. The predicted octanol–water partition coefficient (Wildman–Crippen LogP) is 8.54. The summed E-state index contributed by atoms with van der Waals surface area (Å²) in [5, 5.41) is 20.1. The summed E-state index contributed by atoms with van der Waals surface area (Å²) in [6, 6.07) is 12.2. The first-order chi connectivity index (χ1) is 38.4. The summed E-state index contributed by atoms with van der Waals surface area (Å²) in [5.74, 6) is 2.22. The number of hydrogen-bond acceptors (Lipinski definition) is 14. The van der Waals surface area contributed by atoms with Gasteiger partial charge in [-0.25, -0.2) is 18.6 Å². The third-order valence-electron chi connectivity index (χ3n) is 18.1. The van der Waals surface area contributed by atoms with Crippen LogP contribution in [0.2, 0.25) is 0 Å². The number of carbonyl (C=O) groups is 3. The van der Waals surface area contributed by atoms with Crippen LogP contribution in [0.5, 0.6) is 11.8 Å². The number of fused-ring (bicyclic) bond motifs is 5. The third-order valence-corrected chi connectivity index (χ3v) is 18.1. The fraction of sp³-hybridized carbons (Fsp3) is 0.517. The number of aromatic nitrogens is 5. The van der Waals surface area contributed by atoms with Crippen LogP contribution in [0.1, 0.15) is 106 Å². The lowest BCUT2D eigenvalue weighted by atomic mass is 9.83. The molecule has 0 spiro atoms. The van der Waals surface area contributed by atoms with Crippen molar-refractivity contribution < 1.29 is 42.5 Å². The van der Waals surface area contributed by atoms with E-state index in [1.54, 1.807) is 0 Å². The summed E-state index contributed by atoms with van der Waals surface area (Å²) < 4.78 is 50.9. The van der Waals surface area contributed by atoms with Crippen LogP contribution in [-0.4, -0.2) is 142 Å². The summed E-state index contributed by atoms with van der Waals surface area (Å²) in [4.78, 5) is 59.1. The number of terminal acetylenes is 1. The Kier molecular flexibility index (Phi) is 14.5. The number of piperidine rings is 3. The number of aryl methyl sites for hydroxylation is 2. The zero-order valence-electron chi connectivity index (χ0n) is 45.1. The molecule has 3 aromatic heterocycles. The Balaban J connectivity index is 0.000000162. The van der Waals surface area contributed by atoms with Crippen molar-refractivity contribution in [2.45, 2.75) is 107 Å². The Bertz CT molecular complexity index is 3390. The van der Waals surface area contributed by atoms with Gasteiger partial charge in [0.25, 0.3) is 0 Å². The second-order valence-electron chi connectivity index (χ2n) is 22.7. The molecule has 7 aliphatic rings. The van der Waals surface area contributed by atoms with Gasteiger partial charge < -0.3 is 34.0 Å². The van der Waals surface area contributed by atoms with Crippen molar-refractivity contribution in [1.82, 2.24) is 39.8 Å². The minimum atomic E-state index is -0.692. The SMILES string of the molecule is C#Cc1c(F)ccc2cc(O)cc(-c3nc4c5c(nc(OCC67CCCN6CCC7)nc5c3F)N3CCCOCC3CC4)c12.COC(=O)N1CCC(CC2CCN(c3ccc4c(C5CCC(=O)NC5=O)nn(C)c4c3)CC2)CC1. The number of phenols is 1. The minimum Gasteiger partial charge on any atom is -0.508 e. The zero-order valence-corrected chi connectivity index (χ0v) is 45.1. The molecule has 0 aliphatic carbocycles. The molecule has 0 saturated carbocycles. The van der Waals surface area contributed by atoms with Crippen molar-refractivity contribution in [3.63, 3.8) is 0 Å². The Hall–Kier alpha value is -7.17. The Labute approximate surface area is 457 Å². The summed E-state index contributed by atoms with van der Waals surface area (Å²) in [7, 11) is 3.37. The van der Waals surface area contributed by atoms with E-state index < -0.39 is 11.6 Å². The second kappa shape index (κ2) is 21.8. The fourth-order valence-electron chi connectivity index (χ4n) is 14.0. The van der Waals surface area contributed by atoms with Gasteiger partial charge in [-0.15, -0.1) is 6.42 Å². The number of nitrogens with one attached hydrogen (secondary N) is 1. The van der Waals surface area contributed by atoms with E-state index in [9.17, 15) is 23.9 Å². The van der Waals surface area contributed by atoms with E-state index in [4.69, 9.17) is 35.6 Å². The molecule has 13 rings (SSSR count). The van der Waals surface area contributed by atoms with Crippen molar-refractivity contribution >= 4 is 62.0 Å². The molecule has 0 bridgehead atoms. The summed E-state index contributed by atoms with van der Waals surface area (Å²) in [6.07, 6.45) is 18.6. The number of likely N-dealkylation sites (tertiary alicyclic amines) is 1. The second-order valence-corrected chi connectivity index (χ2v) is 22.7. The highest BCUT2D eigenvalue weighted by Crippen LogP contribution is 2.44. The number of phenolic OH excluding ortho intramolecular Hbond substituents is 1. The smallest absolute Gasteiger partial charge is 0.409 e. The number of halogens is 2. The van der Waals surface area contributed by atoms with Crippen LogP contribution in [0, 0.1) is 35.8 Å². The van der Waals surface area contributed by atoms with Crippen LogP contribution in [0.4, 0.5) is 25.1 Å². The number of imide groups is 1. The van der Waals surface area contributed by atoms with Gasteiger partial charge in [-0.2, -0.15) is 15.1 Å². The number of hydrogen-bond donors (Lipinski definition) is 2. The Morgan fingerprint density at radius 2 is 1.67 bits per heavy atom. The molecule has 3 amide bonds. The van der Waals surface area contributed by atoms with Gasteiger partial charge in [-0.3, -0.25) is 24.5 Å². The average Bonchev–Trinajstić information content (AvgIpc) is 4.29. The molecule has 0 radical (unpaired) electrons. The van der Waals surface area contributed by atoms with E-state index in [0.29, 0.717) is 79.2 Å². The van der Waals surface area contributed by atoms with E-state index in [2.05, 4.69) is 49.2 Å². The van der Waals surface area contributed by atoms with Gasteiger partial charge in [0.05, 0.1) is 59.1 Å². The topological polar surface area (TPSA) is 181 Å². The van der Waals surface area contributed by atoms with Crippen molar-refractivity contribution in [1.29, 1.82) is 0 Å². The van der Waals surface area contributed by atoms with Gasteiger partial charge in [0.2, 0.25) is 11.8 Å². The van der Waals surface area contributed by atoms with Gasteiger partial charge >= 0.3 is 12.1 Å². The van der Waals surface area contributed by atoms with Crippen molar-refractivity contribution in [2.75, 3.05) is 82.5 Å². The fourth-order valence-corrected chi connectivity index (χ4v) is 14.0. The first-order valence-electron chi connectivity index (χ1n) is 28.3. The van der Waals surface area contributed by atoms with Crippen LogP contribution in [0.25, 0.3) is 43.8 Å². The molecule has 2 atom stereocenters. The molecule has 6 saturated heterocycles. The van der Waals surface area contributed by atoms with E-state index in [-0.39, 0.29) is 69.5 Å². The van der Waals surface area contributed by atoms with Crippen LogP contribution in [0.3, 0.4) is 0 Å². The number of carbonyl (C=O) groups excluding carboxylic acids is 3. The quantitative estimate of drug-likeness (QED) is 0.109. The van der Waals surface area contributed by atoms with Gasteiger partial charge in [0, 0.05) is 74.8 Å². The van der Waals surface area contributed by atoms with Gasteiger partial charge in [-0.05, 0) is 150 Å². The predicted molar refractivity (Wildman–Crippen MR) is 295 cm³/mol. The molecule has 2 unspecified atom stereocenters. The van der Waals surface area contributed by atoms with Crippen molar-refractivity contribution in [2.24, 2.45) is 18.9 Å². The van der Waals surface area contributed by atoms with Gasteiger partial charge in [0.15, 0.2) is 5.82 Å². The van der Waals surface area contributed by atoms with E-state index >= 15 is 4.39 Å². The highest BCUT2D eigenvalue weighted by molar-refractivity contribution is 6.04. The molecular formula is C60H68F2N10O7. The third kappa shape index (κ3) is 10.0. The highest BCUT2D eigenvalue weighted by Gasteiger charge is 2.45. The molecule has 6 fully saturated rings. The maximum absolute atomic E-state index is 17.0. The van der Waals surface area contributed by atoms with Crippen LogP contribution < -0.4 is 19.9 Å². The standard InChI is InChI=1S/C34H33F2N5O3.C26H35N5O4/c1-2-23-25(35)8-6-20-16-22(42)17-24(27(20)23)30-29(36)31-28-26(37-30)9-7-21-18-43-15-5-14-41(21)32(28)39-33(38-31)44-19-34-10-3-12-40(34)13-4-11-34;1-29-22-16-19(3-4-20(22)24(28-29)21-5-6-23(32)27-25(21)33)30-11-7-17(8-12-30)15-18-9-13-31(14-10-18)26(34)35-2/h1,6,8,16-17,21,42H,3-5,7,9-15,18-19H2;3-4,16-18,21H,5-15H2,1-2H3,(H,27,32,33). The Morgan fingerprint density at radius 3 is 2.42 bits per heavy atom. The average molecular weight is 1080 g/mol. The van der Waals surface area contributed by atoms with Gasteiger partial charge in [0.1, 0.15) is 35.2 Å². The van der Waals surface area contributed by atoms with E-state index in [0.717, 1.165) is 113 Å². The molecule has 19 heteroatoms. The number of ether oxygens (including phenoxy) is 3. The summed E-state index contributed by atoms with van der Waals surface area (Å²) >= 11 is 0. The van der Waals surface area contributed by atoms with Crippen LogP contribution in [-0.2, 0) is 32.5 Å². The zero-order chi connectivity index (χ0) is 54.5. The van der Waals surface area contributed by atoms with Crippen LogP contribution in [0.15, 0.2) is 42.5 Å². The summed E-state index contributed by atoms with van der Waals surface area (Å²) in [6.45, 7) is 8.15. The highest BCUT2D eigenvalue weighted by atomic mass is 19.1. The van der Waals surface area contributed by atoms with Crippen molar-refractivity contribution in [3.8, 4) is 35.4 Å². The molecule has 414 valence electrons. The van der Waals surface area contributed by atoms with Crippen molar-refractivity contribution in [3.05, 3.63) is 71.1 Å². The lowest BCUT2D eigenvalue weighted by Gasteiger charge is -2.37. The molecule has 10 heterocycles. The summed E-state index contributed by atoms with van der Waals surface area (Å²) in [5.41, 5.74) is 3.82. The number of pyridine rings is 1. The maximum atomic E-state index is 17.0. The first kappa shape index (κ1) is 52.5. The number of nitrogens with zero attached hydrogens (tertiary/aromatic N) is 9. The lowest BCUT2D eigenvalue weighted by molar-refractivity contribution is -0.134. The molecule has 2 N–H and O–H groups in total. The Morgan fingerprint density at radius 1 is 0.899 bits per heavy atom. The lowest BCUT2D eigenvalue weighted by Crippen LogP contribution is -2.43. The van der Waals surface area contributed by atoms with Gasteiger partial charge in [-0.1, -0.05) is 12.0 Å². The minimum absolute atomic E-state index is 0.0143. The first-order valence-corrected chi connectivity index (χ1v) is 28.3. The normalized spacial score (nSPS) is 21.7. The molecule has 6 aromatic rings. The number of aromatic hydroxyl groups is 1. The molecule has 17 nitrogen and oxygen atoms in total.